The van der Waals surface area contributed by atoms with Crippen LogP contribution in [0, 0.1) is 6.92 Å². The average Bonchev–Trinajstić information content (AvgIpc) is 2.95. The third-order valence-corrected chi connectivity index (χ3v) is 3.12. The van der Waals surface area contributed by atoms with E-state index in [4.69, 9.17) is 4.74 Å². The first-order chi connectivity index (χ1) is 10.6. The van der Waals surface area contributed by atoms with Crippen LogP contribution in [0.25, 0.3) is 0 Å². The van der Waals surface area contributed by atoms with Crippen molar-refractivity contribution in [1.82, 2.24) is 15.1 Å². The number of rotatable bonds is 6. The average molecular weight is 302 g/mol. The van der Waals surface area contributed by atoms with Crippen molar-refractivity contribution in [2.45, 2.75) is 33.4 Å². The van der Waals surface area contributed by atoms with Crippen molar-refractivity contribution in [3.8, 4) is 5.75 Å². The Balaban J connectivity index is 1.74. The molecule has 0 aliphatic carbocycles. The number of carbonyl (C=O) groups is 1. The highest BCUT2D eigenvalue weighted by Crippen LogP contribution is 2.13. The van der Waals surface area contributed by atoms with Crippen molar-refractivity contribution in [2.75, 3.05) is 11.9 Å². The molecule has 0 saturated heterocycles. The fourth-order valence-electron chi connectivity index (χ4n) is 1.90. The molecule has 118 valence electrons. The van der Waals surface area contributed by atoms with Crippen LogP contribution in [0.5, 0.6) is 5.75 Å². The lowest BCUT2D eigenvalue weighted by atomic mass is 10.2. The number of nitrogens with zero attached hydrogens (tertiary/aromatic N) is 2. The predicted octanol–water partition coefficient (Wildman–Crippen LogP) is 2.80. The van der Waals surface area contributed by atoms with E-state index in [9.17, 15) is 4.79 Å². The zero-order chi connectivity index (χ0) is 15.9. The Hall–Kier alpha value is -2.50. The molecule has 0 unspecified atom stereocenters. The third kappa shape index (κ3) is 4.80. The molecule has 0 radical (unpaired) electrons. The summed E-state index contributed by atoms with van der Waals surface area (Å²) in [6.45, 7) is 7.11. The Morgan fingerprint density at radius 3 is 2.73 bits per heavy atom. The summed E-state index contributed by atoms with van der Waals surface area (Å²) in [6, 6.07) is 7.56. The monoisotopic (exact) mass is 302 g/mol. The maximum atomic E-state index is 11.8. The van der Waals surface area contributed by atoms with Crippen LogP contribution in [0.2, 0.25) is 0 Å². The summed E-state index contributed by atoms with van der Waals surface area (Å²) < 4.78 is 7.48. The van der Waals surface area contributed by atoms with E-state index in [1.807, 2.05) is 45.0 Å². The van der Waals surface area contributed by atoms with Gasteiger partial charge in [-0.15, -0.1) is 0 Å². The van der Waals surface area contributed by atoms with Crippen LogP contribution in [0.1, 0.15) is 19.4 Å². The van der Waals surface area contributed by atoms with Crippen molar-refractivity contribution >= 4 is 11.7 Å². The number of hydrogen-bond donors (Lipinski definition) is 2. The SMILES string of the molecule is CCn1cc(NC(=O)NC[C@H](C)Oc2ccc(C)cc2)cn1. The first-order valence-electron chi connectivity index (χ1n) is 7.37. The highest BCUT2D eigenvalue weighted by molar-refractivity contribution is 5.88. The second kappa shape index (κ2) is 7.49. The molecule has 0 spiro atoms. The van der Waals surface area contributed by atoms with Gasteiger partial charge in [-0.05, 0) is 32.9 Å². The fourth-order valence-corrected chi connectivity index (χ4v) is 1.90. The fraction of sp³-hybridized carbons (Fsp3) is 0.375. The Bertz CT molecular complexity index is 607. The summed E-state index contributed by atoms with van der Waals surface area (Å²) >= 11 is 0. The molecule has 2 N–H and O–H groups in total. The standard InChI is InChI=1S/C16H22N4O2/c1-4-20-11-14(10-18-20)19-16(21)17-9-13(3)22-15-7-5-12(2)6-8-15/h5-8,10-11,13H,4,9H2,1-3H3,(H2,17,19,21)/t13-/m0/s1. The number of carbonyl (C=O) groups excluding carboxylic acids is 1. The van der Waals surface area contributed by atoms with Crippen molar-refractivity contribution in [3.63, 3.8) is 0 Å². The zero-order valence-electron chi connectivity index (χ0n) is 13.2. The normalized spacial score (nSPS) is 11.8. The number of aromatic nitrogens is 2. The minimum atomic E-state index is -0.269. The largest absolute Gasteiger partial charge is 0.489 e. The third-order valence-electron chi connectivity index (χ3n) is 3.12. The number of urea groups is 1. The molecule has 2 rings (SSSR count). The quantitative estimate of drug-likeness (QED) is 0.862. The molecule has 0 saturated carbocycles. The molecule has 22 heavy (non-hydrogen) atoms. The highest BCUT2D eigenvalue weighted by Gasteiger charge is 2.08. The van der Waals surface area contributed by atoms with E-state index in [0.29, 0.717) is 12.2 Å². The maximum Gasteiger partial charge on any atom is 0.319 e. The first kappa shape index (κ1) is 15.9. The molecule has 1 atom stereocenters. The molecule has 6 nitrogen and oxygen atoms in total. The lowest BCUT2D eigenvalue weighted by molar-refractivity contribution is 0.212. The van der Waals surface area contributed by atoms with Crippen LogP contribution < -0.4 is 15.4 Å². The number of benzene rings is 1. The van der Waals surface area contributed by atoms with E-state index < -0.39 is 0 Å². The lowest BCUT2D eigenvalue weighted by Gasteiger charge is -2.15. The Kier molecular flexibility index (Phi) is 5.41. The van der Waals surface area contributed by atoms with Gasteiger partial charge in [-0.2, -0.15) is 5.10 Å². The van der Waals surface area contributed by atoms with E-state index in [2.05, 4.69) is 15.7 Å². The number of nitrogens with one attached hydrogen (secondary N) is 2. The first-order valence-corrected chi connectivity index (χ1v) is 7.37. The van der Waals surface area contributed by atoms with Crippen molar-refractivity contribution < 1.29 is 9.53 Å². The van der Waals surface area contributed by atoms with E-state index >= 15 is 0 Å². The van der Waals surface area contributed by atoms with Crippen molar-refractivity contribution in [2.24, 2.45) is 0 Å². The van der Waals surface area contributed by atoms with Gasteiger partial charge in [-0.3, -0.25) is 4.68 Å². The van der Waals surface area contributed by atoms with Crippen LogP contribution in [-0.4, -0.2) is 28.5 Å². The van der Waals surface area contributed by atoms with Gasteiger partial charge in [-0.25, -0.2) is 4.79 Å². The number of aryl methyl sites for hydroxylation is 2. The van der Waals surface area contributed by atoms with Gasteiger partial charge in [-0.1, -0.05) is 17.7 Å². The molecule has 2 amide bonds. The number of anilines is 1. The molecule has 6 heteroatoms. The molecule has 1 heterocycles. The minimum Gasteiger partial charge on any atom is -0.489 e. The summed E-state index contributed by atoms with van der Waals surface area (Å²) in [5.74, 6) is 0.796. The number of ether oxygens (including phenoxy) is 1. The highest BCUT2D eigenvalue weighted by atomic mass is 16.5. The van der Waals surface area contributed by atoms with Gasteiger partial charge in [0, 0.05) is 12.7 Å². The van der Waals surface area contributed by atoms with Crippen LogP contribution in [0.3, 0.4) is 0 Å². The summed E-state index contributed by atoms with van der Waals surface area (Å²) in [4.78, 5) is 11.8. The summed E-state index contributed by atoms with van der Waals surface area (Å²) in [5, 5.41) is 9.61. The Labute approximate surface area is 130 Å². The Morgan fingerprint density at radius 1 is 1.36 bits per heavy atom. The van der Waals surface area contributed by atoms with Crippen LogP contribution in [-0.2, 0) is 6.54 Å². The van der Waals surface area contributed by atoms with E-state index in [-0.39, 0.29) is 12.1 Å². The van der Waals surface area contributed by atoms with Crippen molar-refractivity contribution in [1.29, 1.82) is 0 Å². The van der Waals surface area contributed by atoms with Crippen LogP contribution >= 0.6 is 0 Å². The molecule has 2 aromatic rings. The molecule has 1 aromatic heterocycles. The molecule has 0 bridgehead atoms. The van der Waals surface area contributed by atoms with Gasteiger partial charge in [0.05, 0.1) is 18.4 Å². The zero-order valence-corrected chi connectivity index (χ0v) is 13.2. The number of hydrogen-bond acceptors (Lipinski definition) is 3. The Morgan fingerprint density at radius 2 is 2.09 bits per heavy atom. The van der Waals surface area contributed by atoms with E-state index in [1.54, 1.807) is 17.1 Å². The summed E-state index contributed by atoms with van der Waals surface area (Å²) in [7, 11) is 0. The molecular weight excluding hydrogens is 280 g/mol. The summed E-state index contributed by atoms with van der Waals surface area (Å²) in [6.07, 6.45) is 3.29. The van der Waals surface area contributed by atoms with Crippen molar-refractivity contribution in [3.05, 3.63) is 42.2 Å². The molecule has 0 aliphatic heterocycles. The van der Waals surface area contributed by atoms with Gasteiger partial charge in [0.2, 0.25) is 0 Å². The lowest BCUT2D eigenvalue weighted by Crippen LogP contribution is -2.36. The van der Waals surface area contributed by atoms with Gasteiger partial charge in [0.25, 0.3) is 0 Å². The molecule has 0 aliphatic rings. The second-order valence-electron chi connectivity index (χ2n) is 5.16. The van der Waals surface area contributed by atoms with Gasteiger partial charge < -0.3 is 15.4 Å². The predicted molar refractivity (Wildman–Crippen MR) is 86.2 cm³/mol. The minimum absolute atomic E-state index is 0.119. The molecule has 0 fully saturated rings. The summed E-state index contributed by atoms with van der Waals surface area (Å²) in [5.41, 5.74) is 1.86. The number of amides is 2. The van der Waals surface area contributed by atoms with Crippen LogP contribution in [0.4, 0.5) is 10.5 Å². The van der Waals surface area contributed by atoms with Gasteiger partial charge >= 0.3 is 6.03 Å². The molecular formula is C16H22N4O2. The van der Waals surface area contributed by atoms with E-state index in [1.165, 1.54) is 5.56 Å². The second-order valence-corrected chi connectivity index (χ2v) is 5.16. The van der Waals surface area contributed by atoms with Gasteiger partial charge in [0.1, 0.15) is 11.9 Å². The van der Waals surface area contributed by atoms with E-state index in [0.717, 1.165) is 12.3 Å². The van der Waals surface area contributed by atoms with Gasteiger partial charge in [0.15, 0.2) is 0 Å². The topological polar surface area (TPSA) is 68.2 Å². The molecule has 1 aromatic carbocycles. The van der Waals surface area contributed by atoms with Crippen LogP contribution in [0.15, 0.2) is 36.7 Å². The maximum absolute atomic E-state index is 11.8. The smallest absolute Gasteiger partial charge is 0.319 e.